The Morgan fingerprint density at radius 1 is 1.45 bits per heavy atom. The molecule has 0 aromatic carbocycles. The van der Waals surface area contributed by atoms with Crippen LogP contribution >= 0.6 is 43.6 Å². The number of hydrogen-bond acceptors (Lipinski definition) is 8. The highest BCUT2D eigenvalue weighted by Gasteiger charge is 2.68. The minimum absolute atomic E-state index is 0.00942. The molecular formula is C16H21Br2N5O5S. The van der Waals surface area contributed by atoms with E-state index in [1.54, 1.807) is 16.7 Å². The number of aliphatic hydroxyl groups excluding tert-OH is 1. The van der Waals surface area contributed by atoms with Crippen LogP contribution in [0.4, 0.5) is 0 Å². The topological polar surface area (TPSA) is 127 Å². The molecule has 1 aromatic rings. The van der Waals surface area contributed by atoms with Gasteiger partial charge in [-0.05, 0) is 20.8 Å². The van der Waals surface area contributed by atoms with E-state index in [1.807, 2.05) is 0 Å². The van der Waals surface area contributed by atoms with E-state index in [2.05, 4.69) is 66.1 Å². The molecule has 13 heteroatoms. The first-order valence-corrected chi connectivity index (χ1v) is 11.2. The zero-order valence-corrected chi connectivity index (χ0v) is 20.1. The molecule has 2 aliphatic rings. The highest BCUT2D eigenvalue weighted by Crippen LogP contribution is 2.60. The van der Waals surface area contributed by atoms with Gasteiger partial charge in [-0.1, -0.05) is 37.1 Å². The van der Waals surface area contributed by atoms with Gasteiger partial charge in [-0.25, -0.2) is 9.48 Å². The third-order valence-corrected chi connectivity index (χ3v) is 8.83. The van der Waals surface area contributed by atoms with Gasteiger partial charge < -0.3 is 20.1 Å². The zero-order chi connectivity index (χ0) is 21.7. The van der Waals surface area contributed by atoms with Gasteiger partial charge >= 0.3 is 5.97 Å². The van der Waals surface area contributed by atoms with Crippen molar-refractivity contribution in [2.45, 2.75) is 58.9 Å². The minimum atomic E-state index is -1.21. The Morgan fingerprint density at radius 2 is 2.10 bits per heavy atom. The van der Waals surface area contributed by atoms with Crippen molar-refractivity contribution in [1.82, 2.24) is 25.2 Å². The van der Waals surface area contributed by atoms with Crippen LogP contribution in [0.2, 0.25) is 0 Å². The van der Waals surface area contributed by atoms with Gasteiger partial charge in [0.1, 0.15) is 5.37 Å². The quantitative estimate of drug-likeness (QED) is 0.295. The summed E-state index contributed by atoms with van der Waals surface area (Å²) in [4.78, 5) is 38.4. The van der Waals surface area contributed by atoms with Crippen molar-refractivity contribution in [3.05, 3.63) is 11.9 Å². The predicted molar refractivity (Wildman–Crippen MR) is 112 cm³/mol. The summed E-state index contributed by atoms with van der Waals surface area (Å²) < 4.78 is 5.08. The van der Waals surface area contributed by atoms with Crippen molar-refractivity contribution in [3.63, 3.8) is 0 Å². The van der Waals surface area contributed by atoms with Crippen LogP contribution < -0.4 is 5.32 Å². The number of carbonyl (C=O) groups is 3. The van der Waals surface area contributed by atoms with E-state index >= 15 is 0 Å². The molecule has 0 aliphatic carbocycles. The molecule has 2 N–H and O–H groups in total. The molecule has 0 bridgehead atoms. The van der Waals surface area contributed by atoms with Crippen LogP contribution in [-0.2, 0) is 20.9 Å². The van der Waals surface area contributed by atoms with E-state index in [4.69, 9.17) is 0 Å². The van der Waals surface area contributed by atoms with E-state index in [9.17, 15) is 19.5 Å². The molecule has 0 unspecified atom stereocenters. The van der Waals surface area contributed by atoms with Gasteiger partial charge in [-0.3, -0.25) is 9.59 Å². The maximum absolute atomic E-state index is 12.5. The van der Waals surface area contributed by atoms with Crippen molar-refractivity contribution in [3.8, 4) is 0 Å². The van der Waals surface area contributed by atoms with Crippen molar-refractivity contribution >= 4 is 61.4 Å². The Kier molecular flexibility index (Phi) is 6.07. The normalized spacial score (nSPS) is 26.3. The minimum Gasteiger partial charge on any atom is -0.467 e. The lowest BCUT2D eigenvalue weighted by Crippen LogP contribution is -2.67. The summed E-state index contributed by atoms with van der Waals surface area (Å²) >= 11 is 8.55. The first-order valence-electron chi connectivity index (χ1n) is 8.75. The number of methoxy groups -OCH3 is 1. The number of nitrogens with one attached hydrogen (secondary N) is 1. The van der Waals surface area contributed by atoms with Crippen molar-refractivity contribution in [2.75, 3.05) is 7.11 Å². The molecule has 0 radical (unpaired) electrons. The molecule has 4 atom stereocenters. The highest BCUT2D eigenvalue weighted by molar-refractivity contribution is 9.26. The van der Waals surface area contributed by atoms with Crippen molar-refractivity contribution < 1.29 is 24.2 Å². The largest absolute Gasteiger partial charge is 0.467 e. The lowest BCUT2D eigenvalue weighted by Gasteiger charge is -2.47. The molecule has 0 spiro atoms. The Bertz CT molecular complexity index is 845. The van der Waals surface area contributed by atoms with Crippen molar-refractivity contribution in [2.24, 2.45) is 0 Å². The SMILES string of the molecule is COC(=O)[C@@H](NC(=O)c1cn(C[C@@H]2N3C(=O)C(Br)(Br)[C@H]3SC2(C)C)nn1)[C@@H](C)O. The van der Waals surface area contributed by atoms with Gasteiger partial charge in [0.25, 0.3) is 11.8 Å². The molecule has 2 amide bonds. The van der Waals surface area contributed by atoms with E-state index in [1.165, 1.54) is 24.9 Å². The number of aliphatic hydroxyl groups is 1. The van der Waals surface area contributed by atoms with Crippen LogP contribution in [0.15, 0.2) is 6.20 Å². The number of aromatic nitrogens is 3. The molecule has 3 heterocycles. The average molecular weight is 555 g/mol. The summed E-state index contributed by atoms with van der Waals surface area (Å²) in [5.74, 6) is -1.48. The number of halogens is 2. The van der Waals surface area contributed by atoms with E-state index in [0.29, 0.717) is 6.54 Å². The van der Waals surface area contributed by atoms with Gasteiger partial charge in [0, 0.05) is 4.75 Å². The van der Waals surface area contributed by atoms with Crippen LogP contribution in [0.3, 0.4) is 0 Å². The second-order valence-electron chi connectivity index (χ2n) is 7.47. The second kappa shape index (κ2) is 7.82. The molecule has 0 saturated carbocycles. The third kappa shape index (κ3) is 3.93. The molecule has 2 fully saturated rings. The lowest BCUT2D eigenvalue weighted by atomic mass is 9.98. The monoisotopic (exact) mass is 553 g/mol. The number of ether oxygens (including phenoxy) is 1. The van der Waals surface area contributed by atoms with Gasteiger partial charge in [-0.2, -0.15) is 0 Å². The molecule has 160 valence electrons. The molecular weight excluding hydrogens is 534 g/mol. The standard InChI is InChI=1S/C16H21Br2N5O5S/c1-7(24)10(12(26)28-4)19-11(25)8-5-22(21-20-8)6-9-15(2,3)29-14-16(17,18)13(27)23(9)14/h5,7,9-10,14,24H,6H2,1-4H3,(H,19,25)/t7-,9+,10+,14-/m1/s1. The van der Waals surface area contributed by atoms with Crippen LogP contribution in [0.25, 0.3) is 0 Å². The Labute approximate surface area is 188 Å². The summed E-state index contributed by atoms with van der Waals surface area (Å²) in [6.45, 7) is 5.83. The Balaban J connectivity index is 1.71. The Morgan fingerprint density at radius 3 is 2.69 bits per heavy atom. The molecule has 2 aliphatic heterocycles. The summed E-state index contributed by atoms with van der Waals surface area (Å²) in [5, 5.41) is 19.9. The van der Waals surface area contributed by atoms with Crippen LogP contribution in [0.1, 0.15) is 31.3 Å². The van der Waals surface area contributed by atoms with Gasteiger partial charge in [-0.15, -0.1) is 16.9 Å². The average Bonchev–Trinajstić information content (AvgIpc) is 3.21. The molecule has 10 nitrogen and oxygen atoms in total. The van der Waals surface area contributed by atoms with Crippen LogP contribution in [0.5, 0.6) is 0 Å². The number of nitrogens with zero attached hydrogens (tertiary/aromatic N) is 4. The first-order chi connectivity index (χ1) is 13.4. The van der Waals surface area contributed by atoms with Gasteiger partial charge in [0.05, 0.1) is 32.0 Å². The number of fused-ring (bicyclic) bond motifs is 1. The lowest BCUT2D eigenvalue weighted by molar-refractivity contribution is -0.146. The number of carbonyl (C=O) groups excluding carboxylic acids is 3. The predicted octanol–water partition coefficient (Wildman–Crippen LogP) is 0.479. The maximum Gasteiger partial charge on any atom is 0.331 e. The fourth-order valence-electron chi connectivity index (χ4n) is 3.33. The number of amides is 2. The number of alkyl halides is 2. The molecule has 29 heavy (non-hydrogen) atoms. The molecule has 1 aromatic heterocycles. The van der Waals surface area contributed by atoms with E-state index in [-0.39, 0.29) is 27.8 Å². The zero-order valence-electron chi connectivity index (χ0n) is 16.1. The molecule has 3 rings (SSSR count). The number of hydrogen-bond donors (Lipinski definition) is 2. The van der Waals surface area contributed by atoms with Gasteiger partial charge in [0.2, 0.25) is 0 Å². The van der Waals surface area contributed by atoms with Crippen LogP contribution in [-0.4, -0.2) is 81.4 Å². The summed E-state index contributed by atoms with van der Waals surface area (Å²) in [6.07, 6.45) is 0.306. The summed E-state index contributed by atoms with van der Waals surface area (Å²) in [5.41, 5.74) is -0.00942. The number of β-lactam (4-membered cyclic amide) rings is 1. The first kappa shape index (κ1) is 22.5. The maximum atomic E-state index is 12.5. The van der Waals surface area contributed by atoms with Crippen molar-refractivity contribution in [1.29, 1.82) is 0 Å². The van der Waals surface area contributed by atoms with E-state index < -0.39 is 27.3 Å². The highest BCUT2D eigenvalue weighted by atomic mass is 79.9. The summed E-state index contributed by atoms with van der Waals surface area (Å²) in [7, 11) is 1.17. The second-order valence-corrected chi connectivity index (χ2v) is 12.8. The number of thioether (sulfide) groups is 1. The van der Waals surface area contributed by atoms with Crippen LogP contribution in [0, 0.1) is 0 Å². The smallest absolute Gasteiger partial charge is 0.331 e. The third-order valence-electron chi connectivity index (χ3n) is 4.99. The van der Waals surface area contributed by atoms with Gasteiger partial charge in [0.15, 0.2) is 15.0 Å². The summed E-state index contributed by atoms with van der Waals surface area (Å²) in [6, 6.07) is -1.36. The Hall–Kier alpha value is -1.18. The van der Waals surface area contributed by atoms with E-state index in [0.717, 1.165) is 0 Å². The fourth-order valence-corrected chi connectivity index (χ4v) is 6.26. The number of rotatable bonds is 6. The fraction of sp³-hybridized carbons (Fsp3) is 0.688. The number of esters is 1. The molecule has 2 saturated heterocycles.